The van der Waals surface area contributed by atoms with E-state index in [4.69, 9.17) is 9.97 Å². The first-order valence-electron chi connectivity index (χ1n) is 17.4. The Hall–Kier alpha value is -6.58. The predicted molar refractivity (Wildman–Crippen MR) is 216 cm³/mol. The smallest absolute Gasteiger partial charge is 0.160 e. The van der Waals surface area contributed by atoms with Crippen LogP contribution in [0, 0.1) is 0 Å². The summed E-state index contributed by atoms with van der Waals surface area (Å²) >= 11 is 0. The van der Waals surface area contributed by atoms with Gasteiger partial charge in [-0.2, -0.15) is 0 Å². The molecule has 0 saturated carbocycles. The molecule has 0 saturated heterocycles. The molecule has 1 aliphatic rings. The summed E-state index contributed by atoms with van der Waals surface area (Å²) in [5.41, 5.74) is 13.0. The number of allylic oxidation sites excluding steroid dienone is 6. The lowest BCUT2D eigenvalue weighted by molar-refractivity contribution is 1.18. The van der Waals surface area contributed by atoms with Crippen LogP contribution in [0.4, 0.5) is 0 Å². The normalized spacial score (nSPS) is 12.8. The molecule has 0 fully saturated rings. The molecule has 0 unspecified atom stereocenters. The fourth-order valence-electron chi connectivity index (χ4n) is 7.44. The maximum absolute atomic E-state index is 5.15. The maximum atomic E-state index is 5.15. The van der Waals surface area contributed by atoms with Crippen molar-refractivity contribution in [1.82, 2.24) is 14.5 Å². The summed E-state index contributed by atoms with van der Waals surface area (Å²) in [5, 5.41) is 5.03. The van der Waals surface area contributed by atoms with Gasteiger partial charge < -0.3 is 4.57 Å². The summed E-state index contributed by atoms with van der Waals surface area (Å²) in [5.74, 6) is 0.712. The quantitative estimate of drug-likeness (QED) is 0.160. The Balaban J connectivity index is 1.07. The lowest BCUT2D eigenvalue weighted by atomic mass is 9.89. The summed E-state index contributed by atoms with van der Waals surface area (Å²) in [6.45, 7) is 6.53. The molecule has 0 bridgehead atoms. The third-order valence-electron chi connectivity index (χ3n) is 9.97. The molecule has 242 valence electrons. The number of hydrogen-bond donors (Lipinski definition) is 0. The van der Waals surface area contributed by atoms with Crippen LogP contribution in [-0.2, 0) is 6.42 Å². The number of para-hydroxylation sites is 2. The number of hydrogen-bond acceptors (Lipinski definition) is 2. The average Bonchev–Trinajstić information content (AvgIpc) is 3.53. The number of fused-ring (bicyclic) bond motifs is 3. The molecule has 0 N–H and O–H groups in total. The van der Waals surface area contributed by atoms with Crippen LogP contribution in [-0.4, -0.2) is 14.5 Å². The van der Waals surface area contributed by atoms with Gasteiger partial charge >= 0.3 is 0 Å². The van der Waals surface area contributed by atoms with Gasteiger partial charge in [-0.15, -0.1) is 0 Å². The molecule has 2 aromatic heterocycles. The molecule has 3 nitrogen and oxygen atoms in total. The van der Waals surface area contributed by atoms with Crippen LogP contribution in [0.1, 0.15) is 23.6 Å². The lowest BCUT2D eigenvalue weighted by Gasteiger charge is -2.16. The number of benzene rings is 6. The Bertz CT molecular complexity index is 2670. The number of nitrogens with zero attached hydrogens (tertiary/aromatic N) is 3. The molecule has 0 radical (unpaired) electrons. The van der Waals surface area contributed by atoms with Crippen molar-refractivity contribution in [2.45, 2.75) is 13.3 Å². The van der Waals surface area contributed by atoms with Crippen molar-refractivity contribution in [3.8, 4) is 33.9 Å². The molecule has 2 heterocycles. The second-order valence-electron chi connectivity index (χ2n) is 13.0. The standard InChI is InChI=1S/C48H35N3/c1-3-38(51-45-21-9-7-18-40(45)41-19-8-10-22-46(41)51)29-23-32(2)33-24-26-34(27-25-33)43-31-44(50-48(49-43)37-13-5-4-6-14-37)39-30-28-36-16-11-15-35-17-12-20-42(39)47(35)36/h3-14,16-31H,2,15H2,1H3/b29-23-,38-3+. The minimum Gasteiger partial charge on any atom is -0.310 e. The van der Waals surface area contributed by atoms with Gasteiger partial charge in [-0.3, -0.25) is 0 Å². The molecule has 6 aromatic carbocycles. The van der Waals surface area contributed by atoms with Gasteiger partial charge in [0.15, 0.2) is 5.82 Å². The van der Waals surface area contributed by atoms with E-state index in [2.05, 4.69) is 170 Å². The van der Waals surface area contributed by atoms with E-state index in [1.165, 1.54) is 43.7 Å². The minimum absolute atomic E-state index is 0.712. The van der Waals surface area contributed by atoms with Gasteiger partial charge in [-0.05, 0) is 70.7 Å². The zero-order valence-corrected chi connectivity index (χ0v) is 28.4. The highest BCUT2D eigenvalue weighted by Crippen LogP contribution is 2.37. The van der Waals surface area contributed by atoms with Gasteiger partial charge in [-0.25, -0.2) is 9.97 Å². The van der Waals surface area contributed by atoms with E-state index >= 15 is 0 Å². The lowest BCUT2D eigenvalue weighted by Crippen LogP contribution is -1.98. The maximum Gasteiger partial charge on any atom is 0.160 e. The van der Waals surface area contributed by atoms with Crippen LogP contribution < -0.4 is 0 Å². The van der Waals surface area contributed by atoms with Gasteiger partial charge in [-0.1, -0.05) is 152 Å². The van der Waals surface area contributed by atoms with Crippen LogP contribution in [0.3, 0.4) is 0 Å². The molecule has 0 aliphatic heterocycles. The van der Waals surface area contributed by atoms with E-state index in [0.717, 1.165) is 51.3 Å². The summed E-state index contributed by atoms with van der Waals surface area (Å²) in [6.07, 6.45) is 11.8. The van der Waals surface area contributed by atoms with Crippen molar-refractivity contribution in [3.05, 3.63) is 187 Å². The molecule has 8 aromatic rings. The number of rotatable bonds is 7. The van der Waals surface area contributed by atoms with Crippen LogP contribution in [0.25, 0.3) is 83.8 Å². The summed E-state index contributed by atoms with van der Waals surface area (Å²) in [6, 6.07) is 49.1. The summed E-state index contributed by atoms with van der Waals surface area (Å²) in [4.78, 5) is 10.2. The highest BCUT2D eigenvalue weighted by Gasteiger charge is 2.17. The van der Waals surface area contributed by atoms with Crippen LogP contribution >= 0.6 is 0 Å². The van der Waals surface area contributed by atoms with Gasteiger partial charge in [0.05, 0.1) is 22.4 Å². The third kappa shape index (κ3) is 5.40. The molecule has 0 atom stereocenters. The molecule has 0 spiro atoms. The van der Waals surface area contributed by atoms with Crippen LogP contribution in [0.15, 0.2) is 170 Å². The van der Waals surface area contributed by atoms with Crippen molar-refractivity contribution >= 4 is 49.9 Å². The Morgan fingerprint density at radius 1 is 0.647 bits per heavy atom. The van der Waals surface area contributed by atoms with E-state index in [1.807, 2.05) is 18.2 Å². The second kappa shape index (κ2) is 12.7. The second-order valence-corrected chi connectivity index (χ2v) is 13.0. The van der Waals surface area contributed by atoms with Crippen molar-refractivity contribution < 1.29 is 0 Å². The zero-order chi connectivity index (χ0) is 34.3. The number of aromatic nitrogens is 3. The molecule has 9 rings (SSSR count). The van der Waals surface area contributed by atoms with Crippen molar-refractivity contribution in [3.63, 3.8) is 0 Å². The van der Waals surface area contributed by atoms with Gasteiger partial charge in [0.25, 0.3) is 0 Å². The first kappa shape index (κ1) is 30.5. The average molecular weight is 654 g/mol. The fourth-order valence-corrected chi connectivity index (χ4v) is 7.44. The molecule has 3 heteroatoms. The fraction of sp³-hybridized carbons (Fsp3) is 0.0417. The SMILES string of the molecule is C=C(/C=C\C(=C/C)n1c2ccccc2c2ccccc21)c1ccc(-c2cc(-c3ccc4c5c(cccc35)CC=C4)nc(-c3ccccc3)n2)cc1. The van der Waals surface area contributed by atoms with Gasteiger partial charge in [0, 0.05) is 33.2 Å². The predicted octanol–water partition coefficient (Wildman–Crippen LogP) is 12.4. The highest BCUT2D eigenvalue weighted by atomic mass is 15.0. The monoisotopic (exact) mass is 653 g/mol. The van der Waals surface area contributed by atoms with E-state index in [-0.39, 0.29) is 0 Å². The first-order valence-corrected chi connectivity index (χ1v) is 17.4. The Morgan fingerprint density at radius 2 is 1.33 bits per heavy atom. The first-order chi connectivity index (χ1) is 25.2. The zero-order valence-electron chi connectivity index (χ0n) is 28.4. The van der Waals surface area contributed by atoms with Gasteiger partial charge in [0.2, 0.25) is 0 Å². The van der Waals surface area contributed by atoms with Crippen LogP contribution in [0.2, 0.25) is 0 Å². The minimum atomic E-state index is 0.712. The molecular weight excluding hydrogens is 619 g/mol. The van der Waals surface area contributed by atoms with Gasteiger partial charge in [0.1, 0.15) is 0 Å². The topological polar surface area (TPSA) is 30.7 Å². The van der Waals surface area contributed by atoms with Crippen molar-refractivity contribution in [2.75, 3.05) is 0 Å². The third-order valence-corrected chi connectivity index (χ3v) is 9.97. The molecule has 0 amide bonds. The van der Waals surface area contributed by atoms with E-state index < -0.39 is 0 Å². The van der Waals surface area contributed by atoms with Crippen molar-refractivity contribution in [1.29, 1.82) is 0 Å². The Morgan fingerprint density at radius 3 is 2.08 bits per heavy atom. The summed E-state index contributed by atoms with van der Waals surface area (Å²) < 4.78 is 2.33. The largest absolute Gasteiger partial charge is 0.310 e. The Labute approximate surface area is 297 Å². The van der Waals surface area contributed by atoms with E-state index in [1.54, 1.807) is 0 Å². The molecular formula is C48H35N3. The van der Waals surface area contributed by atoms with E-state index in [0.29, 0.717) is 5.82 Å². The van der Waals surface area contributed by atoms with Crippen molar-refractivity contribution in [2.24, 2.45) is 0 Å². The summed E-state index contributed by atoms with van der Waals surface area (Å²) in [7, 11) is 0. The van der Waals surface area contributed by atoms with Crippen LogP contribution in [0.5, 0.6) is 0 Å². The Kier molecular flexibility index (Phi) is 7.59. The molecule has 1 aliphatic carbocycles. The molecule has 51 heavy (non-hydrogen) atoms. The highest BCUT2D eigenvalue weighted by molar-refractivity contribution is 6.10. The van der Waals surface area contributed by atoms with E-state index in [9.17, 15) is 0 Å².